The van der Waals surface area contributed by atoms with E-state index in [4.69, 9.17) is 10.5 Å². The highest BCUT2D eigenvalue weighted by Gasteiger charge is 2.21. The van der Waals surface area contributed by atoms with Gasteiger partial charge in [0.05, 0.1) is 6.10 Å². The van der Waals surface area contributed by atoms with Gasteiger partial charge in [0.1, 0.15) is 0 Å². The minimum atomic E-state index is 0.427. The van der Waals surface area contributed by atoms with E-state index in [2.05, 4.69) is 17.9 Å². The van der Waals surface area contributed by atoms with Gasteiger partial charge in [-0.1, -0.05) is 6.08 Å². The number of allylic oxidation sites excluding steroid dienone is 1. The van der Waals surface area contributed by atoms with Crippen molar-refractivity contribution in [2.24, 2.45) is 5.73 Å². The lowest BCUT2D eigenvalue weighted by molar-refractivity contribution is 0.0523. The molecule has 0 aromatic rings. The number of rotatable bonds is 3. The molecule has 16 heavy (non-hydrogen) atoms. The van der Waals surface area contributed by atoms with Crippen LogP contribution in [0.3, 0.4) is 0 Å². The van der Waals surface area contributed by atoms with Gasteiger partial charge in [-0.25, -0.2) is 0 Å². The average Bonchev–Trinajstić information content (AvgIpc) is 2.32. The first-order chi connectivity index (χ1) is 7.79. The summed E-state index contributed by atoms with van der Waals surface area (Å²) in [4.78, 5) is 2.52. The highest BCUT2D eigenvalue weighted by atomic mass is 16.5. The molecule has 0 radical (unpaired) electrons. The van der Waals surface area contributed by atoms with Crippen molar-refractivity contribution < 1.29 is 4.74 Å². The van der Waals surface area contributed by atoms with Crippen LogP contribution in [-0.4, -0.2) is 36.7 Å². The maximum Gasteiger partial charge on any atom is 0.0613 e. The van der Waals surface area contributed by atoms with Gasteiger partial charge in [-0.15, -0.1) is 0 Å². The van der Waals surface area contributed by atoms with Crippen LogP contribution < -0.4 is 5.73 Å². The molecule has 1 heterocycles. The van der Waals surface area contributed by atoms with Gasteiger partial charge in [0, 0.05) is 31.4 Å². The number of hydrogen-bond acceptors (Lipinski definition) is 3. The lowest BCUT2D eigenvalue weighted by Gasteiger charge is -2.36. The summed E-state index contributed by atoms with van der Waals surface area (Å²) in [5, 5.41) is 0. The van der Waals surface area contributed by atoms with E-state index in [0.29, 0.717) is 12.1 Å². The Labute approximate surface area is 98.6 Å². The van der Waals surface area contributed by atoms with Gasteiger partial charge < -0.3 is 15.4 Å². The summed E-state index contributed by atoms with van der Waals surface area (Å²) >= 11 is 0. The molecule has 2 N–H and O–H groups in total. The van der Waals surface area contributed by atoms with Crippen LogP contribution in [0, 0.1) is 0 Å². The predicted octanol–water partition coefficient (Wildman–Crippen LogP) is 1.88. The van der Waals surface area contributed by atoms with Crippen molar-refractivity contribution in [1.29, 1.82) is 0 Å². The van der Waals surface area contributed by atoms with Gasteiger partial charge in [0.15, 0.2) is 0 Å². The standard InChI is InChI=1S/C13H24N2O/c1-2-16-13-5-3-12(4-6-13)15-9-7-11(14)8-10-15/h3,11,13H,2,4-10,14H2,1H3/t13-/m0/s1. The molecule has 2 rings (SSSR count). The number of nitrogens with two attached hydrogens (primary N) is 1. The van der Waals surface area contributed by atoms with Crippen molar-refractivity contribution in [3.63, 3.8) is 0 Å². The zero-order valence-corrected chi connectivity index (χ0v) is 10.3. The van der Waals surface area contributed by atoms with E-state index < -0.39 is 0 Å². The van der Waals surface area contributed by atoms with Crippen LogP contribution in [0.5, 0.6) is 0 Å². The molecule has 2 aliphatic rings. The summed E-state index contributed by atoms with van der Waals surface area (Å²) in [5.41, 5.74) is 7.45. The third-order valence-corrected chi connectivity index (χ3v) is 3.69. The van der Waals surface area contributed by atoms with E-state index in [9.17, 15) is 0 Å². The van der Waals surface area contributed by atoms with Crippen molar-refractivity contribution in [3.05, 3.63) is 11.8 Å². The third-order valence-electron chi connectivity index (χ3n) is 3.69. The molecule has 0 aromatic carbocycles. The second-order valence-corrected chi connectivity index (χ2v) is 4.87. The molecule has 0 unspecified atom stereocenters. The van der Waals surface area contributed by atoms with E-state index in [1.807, 2.05) is 0 Å². The van der Waals surface area contributed by atoms with Gasteiger partial charge in [-0.05, 0) is 39.0 Å². The molecule has 0 saturated carbocycles. The Hall–Kier alpha value is -0.540. The van der Waals surface area contributed by atoms with Gasteiger partial charge >= 0.3 is 0 Å². The van der Waals surface area contributed by atoms with E-state index >= 15 is 0 Å². The predicted molar refractivity (Wildman–Crippen MR) is 66.1 cm³/mol. The summed E-state index contributed by atoms with van der Waals surface area (Å²) in [6, 6.07) is 0.427. The Bertz CT molecular complexity index is 244. The first-order valence-electron chi connectivity index (χ1n) is 6.60. The van der Waals surface area contributed by atoms with E-state index in [-0.39, 0.29) is 0 Å². The fraction of sp³-hybridized carbons (Fsp3) is 0.846. The van der Waals surface area contributed by atoms with Crippen LogP contribution >= 0.6 is 0 Å². The summed E-state index contributed by atoms with van der Waals surface area (Å²) in [6.45, 7) is 5.20. The molecule has 1 atom stereocenters. The van der Waals surface area contributed by atoms with Gasteiger partial charge in [-0.3, -0.25) is 0 Å². The molecule has 0 bridgehead atoms. The van der Waals surface area contributed by atoms with Crippen LogP contribution in [0.1, 0.15) is 39.0 Å². The normalized spacial score (nSPS) is 28.0. The second-order valence-electron chi connectivity index (χ2n) is 4.87. The fourth-order valence-electron chi connectivity index (χ4n) is 2.66. The highest BCUT2D eigenvalue weighted by molar-refractivity contribution is 5.07. The zero-order valence-electron chi connectivity index (χ0n) is 10.3. The first kappa shape index (κ1) is 11.9. The molecule has 0 spiro atoms. The molecule has 0 amide bonds. The van der Waals surface area contributed by atoms with Crippen molar-refractivity contribution in [3.8, 4) is 0 Å². The minimum Gasteiger partial charge on any atom is -0.378 e. The molecule has 1 aliphatic carbocycles. The Morgan fingerprint density at radius 2 is 2.12 bits per heavy atom. The lowest BCUT2D eigenvalue weighted by Crippen LogP contribution is -2.39. The number of nitrogens with zero attached hydrogens (tertiary/aromatic N) is 1. The number of hydrogen-bond donors (Lipinski definition) is 1. The molecule has 1 fully saturated rings. The van der Waals surface area contributed by atoms with Crippen LogP contribution in [-0.2, 0) is 4.74 Å². The van der Waals surface area contributed by atoms with Crippen molar-refractivity contribution in [1.82, 2.24) is 4.90 Å². The molecule has 1 saturated heterocycles. The fourth-order valence-corrected chi connectivity index (χ4v) is 2.66. The highest BCUT2D eigenvalue weighted by Crippen LogP contribution is 2.25. The average molecular weight is 224 g/mol. The van der Waals surface area contributed by atoms with E-state index in [1.54, 1.807) is 0 Å². The van der Waals surface area contributed by atoms with Crippen LogP contribution in [0.4, 0.5) is 0 Å². The molecular formula is C13H24N2O. The third kappa shape index (κ3) is 2.98. The monoisotopic (exact) mass is 224 g/mol. The van der Waals surface area contributed by atoms with Crippen LogP contribution in [0.15, 0.2) is 11.8 Å². The van der Waals surface area contributed by atoms with E-state index in [1.165, 1.54) is 18.5 Å². The topological polar surface area (TPSA) is 38.5 Å². The first-order valence-corrected chi connectivity index (χ1v) is 6.60. The maximum atomic E-state index is 5.92. The number of ether oxygens (including phenoxy) is 1. The molecule has 1 aliphatic heterocycles. The Kier molecular flexibility index (Phi) is 4.24. The van der Waals surface area contributed by atoms with Gasteiger partial charge in [0.2, 0.25) is 0 Å². The van der Waals surface area contributed by atoms with Crippen molar-refractivity contribution in [2.75, 3.05) is 19.7 Å². The summed E-state index contributed by atoms with van der Waals surface area (Å²) < 4.78 is 5.65. The lowest BCUT2D eigenvalue weighted by atomic mass is 9.98. The molecule has 92 valence electrons. The van der Waals surface area contributed by atoms with Crippen LogP contribution in [0.2, 0.25) is 0 Å². The second kappa shape index (κ2) is 5.69. The minimum absolute atomic E-state index is 0.427. The Balaban J connectivity index is 1.82. The molecular weight excluding hydrogens is 200 g/mol. The smallest absolute Gasteiger partial charge is 0.0613 e. The number of likely N-dealkylation sites (tertiary alicyclic amines) is 1. The Morgan fingerprint density at radius 1 is 1.38 bits per heavy atom. The maximum absolute atomic E-state index is 5.92. The molecule has 3 nitrogen and oxygen atoms in total. The summed E-state index contributed by atoms with van der Waals surface area (Å²) in [7, 11) is 0. The quantitative estimate of drug-likeness (QED) is 0.795. The largest absolute Gasteiger partial charge is 0.378 e. The summed E-state index contributed by atoms with van der Waals surface area (Å²) in [6.07, 6.45) is 8.58. The van der Waals surface area contributed by atoms with Crippen molar-refractivity contribution in [2.45, 2.75) is 51.2 Å². The van der Waals surface area contributed by atoms with Crippen molar-refractivity contribution >= 4 is 0 Å². The Morgan fingerprint density at radius 3 is 2.69 bits per heavy atom. The van der Waals surface area contributed by atoms with Gasteiger partial charge in [-0.2, -0.15) is 0 Å². The van der Waals surface area contributed by atoms with E-state index in [0.717, 1.165) is 39.0 Å². The number of piperidine rings is 1. The molecule has 0 aromatic heterocycles. The zero-order chi connectivity index (χ0) is 11.4. The van der Waals surface area contributed by atoms with Gasteiger partial charge in [0.25, 0.3) is 0 Å². The molecule has 3 heteroatoms. The summed E-state index contributed by atoms with van der Waals surface area (Å²) in [5.74, 6) is 0. The SMILES string of the molecule is CCO[C@H]1CC=C(N2CCC(N)CC2)CC1. The van der Waals surface area contributed by atoms with Crippen LogP contribution in [0.25, 0.3) is 0 Å².